The summed E-state index contributed by atoms with van der Waals surface area (Å²) in [5.74, 6) is -3.28. The Morgan fingerprint density at radius 3 is 2.26 bits per heavy atom. The second-order valence-electron chi connectivity index (χ2n) is 6.65. The number of aromatic carboxylic acids is 2. The van der Waals surface area contributed by atoms with Gasteiger partial charge in [0.05, 0.1) is 0 Å². The van der Waals surface area contributed by atoms with E-state index in [0.717, 1.165) is 31.6 Å². The number of carboxylic acid groups (broad SMARTS) is 2. The molecule has 0 spiro atoms. The molecule has 1 aliphatic rings. The number of hydrogen-bond acceptors (Lipinski definition) is 5. The Balaban J connectivity index is 2.22. The molecule has 1 aromatic heterocycles. The molecule has 0 unspecified atom stereocenters. The zero-order chi connectivity index (χ0) is 19.7. The van der Waals surface area contributed by atoms with Gasteiger partial charge in [0.15, 0.2) is 0 Å². The number of aromatic nitrogens is 1. The standard InChI is InChI=1S/C19H21N3O5/c1-10-9-11(22-7-3-2-4-8-22)5-6-12(10)13-14(18(24)25)16(20)21-17(23)15(13)19(26)27/h5-6,9H,2-4,7-8H2,1H3,(H,24,25)(H,26,27)(H3,20,21,23). The molecule has 0 atom stereocenters. The average molecular weight is 371 g/mol. The van der Waals surface area contributed by atoms with Gasteiger partial charge in [-0.1, -0.05) is 6.07 Å². The number of hydrogen-bond donors (Lipinski definition) is 4. The predicted molar refractivity (Wildman–Crippen MR) is 102 cm³/mol. The molecule has 142 valence electrons. The molecule has 1 fully saturated rings. The smallest absolute Gasteiger partial charge is 0.342 e. The summed E-state index contributed by atoms with van der Waals surface area (Å²) in [5, 5.41) is 19.0. The molecule has 8 heteroatoms. The van der Waals surface area contributed by atoms with Crippen molar-refractivity contribution in [2.75, 3.05) is 23.7 Å². The molecule has 8 nitrogen and oxygen atoms in total. The third-order valence-electron chi connectivity index (χ3n) is 4.87. The number of aromatic amines is 1. The van der Waals surface area contributed by atoms with Crippen LogP contribution in [0.5, 0.6) is 0 Å². The van der Waals surface area contributed by atoms with Gasteiger partial charge in [-0.15, -0.1) is 0 Å². The average Bonchev–Trinajstić information content (AvgIpc) is 2.61. The van der Waals surface area contributed by atoms with E-state index in [9.17, 15) is 24.6 Å². The number of rotatable bonds is 4. The number of H-pyrrole nitrogens is 1. The highest BCUT2D eigenvalue weighted by Crippen LogP contribution is 2.34. The van der Waals surface area contributed by atoms with Crippen molar-refractivity contribution in [1.82, 2.24) is 4.98 Å². The Morgan fingerprint density at radius 2 is 1.70 bits per heavy atom. The summed E-state index contributed by atoms with van der Waals surface area (Å²) < 4.78 is 0. The minimum Gasteiger partial charge on any atom is -0.478 e. The SMILES string of the molecule is Cc1cc(N2CCCCC2)ccc1-c1c(C(=O)O)c(N)[nH]c(=O)c1C(=O)O. The molecule has 0 radical (unpaired) electrons. The second-order valence-corrected chi connectivity index (χ2v) is 6.65. The van der Waals surface area contributed by atoms with Gasteiger partial charge in [-0.05, 0) is 49.4 Å². The summed E-state index contributed by atoms with van der Waals surface area (Å²) in [4.78, 5) is 39.9. The fourth-order valence-corrected chi connectivity index (χ4v) is 3.59. The zero-order valence-electron chi connectivity index (χ0n) is 14.9. The van der Waals surface area contributed by atoms with Gasteiger partial charge in [0, 0.05) is 24.3 Å². The summed E-state index contributed by atoms with van der Waals surface area (Å²) in [6.07, 6.45) is 3.42. The van der Waals surface area contributed by atoms with Crippen molar-refractivity contribution < 1.29 is 19.8 Å². The van der Waals surface area contributed by atoms with Crippen molar-refractivity contribution in [2.24, 2.45) is 0 Å². The maximum Gasteiger partial charge on any atom is 0.342 e. The molecular weight excluding hydrogens is 350 g/mol. The van der Waals surface area contributed by atoms with Gasteiger partial charge in [-0.3, -0.25) is 4.79 Å². The normalized spacial score (nSPS) is 14.2. The Morgan fingerprint density at radius 1 is 1.07 bits per heavy atom. The van der Waals surface area contributed by atoms with E-state index in [-0.39, 0.29) is 11.4 Å². The summed E-state index contributed by atoms with van der Waals surface area (Å²) in [6, 6.07) is 5.37. The highest BCUT2D eigenvalue weighted by Gasteiger charge is 2.27. The van der Waals surface area contributed by atoms with Gasteiger partial charge < -0.3 is 25.8 Å². The first-order chi connectivity index (χ1) is 12.8. The van der Waals surface area contributed by atoms with Gasteiger partial charge in [0.2, 0.25) is 0 Å². The summed E-state index contributed by atoms with van der Waals surface area (Å²) in [7, 11) is 0. The van der Waals surface area contributed by atoms with Gasteiger partial charge in [0.25, 0.3) is 5.56 Å². The molecular formula is C19H21N3O5. The summed E-state index contributed by atoms with van der Waals surface area (Å²) >= 11 is 0. The first-order valence-corrected chi connectivity index (χ1v) is 8.69. The monoisotopic (exact) mass is 371 g/mol. The fraction of sp³-hybridized carbons (Fsp3) is 0.316. The number of nitrogens with zero attached hydrogens (tertiary/aromatic N) is 1. The van der Waals surface area contributed by atoms with Crippen LogP contribution in [0.4, 0.5) is 11.5 Å². The number of anilines is 2. The van der Waals surface area contributed by atoms with E-state index in [1.54, 1.807) is 13.0 Å². The molecule has 0 aliphatic carbocycles. The number of aryl methyl sites for hydroxylation is 1. The molecule has 0 amide bonds. The number of benzene rings is 1. The maximum atomic E-state index is 12.2. The molecule has 27 heavy (non-hydrogen) atoms. The molecule has 1 aliphatic heterocycles. The number of nitrogens with two attached hydrogens (primary N) is 1. The van der Waals surface area contributed by atoms with Gasteiger partial charge in [0.1, 0.15) is 16.9 Å². The van der Waals surface area contributed by atoms with Gasteiger partial charge in [-0.2, -0.15) is 0 Å². The third kappa shape index (κ3) is 3.38. The summed E-state index contributed by atoms with van der Waals surface area (Å²) in [6.45, 7) is 3.65. The van der Waals surface area contributed by atoms with Crippen LogP contribution in [0.3, 0.4) is 0 Å². The van der Waals surface area contributed by atoms with E-state index in [1.165, 1.54) is 6.42 Å². The molecule has 0 saturated carbocycles. The topological polar surface area (TPSA) is 137 Å². The number of piperidine rings is 1. The van der Waals surface area contributed by atoms with Crippen LogP contribution in [0, 0.1) is 6.92 Å². The van der Waals surface area contributed by atoms with Crippen molar-refractivity contribution in [2.45, 2.75) is 26.2 Å². The quantitative estimate of drug-likeness (QED) is 0.647. The Bertz CT molecular complexity index is 974. The number of nitrogens with one attached hydrogen (secondary N) is 1. The number of carboxylic acids is 2. The first kappa shape index (κ1) is 18.5. The molecule has 2 aromatic rings. The fourth-order valence-electron chi connectivity index (χ4n) is 3.59. The minimum absolute atomic E-state index is 0.168. The molecule has 0 bridgehead atoms. The molecule has 5 N–H and O–H groups in total. The van der Waals surface area contributed by atoms with Crippen LogP contribution in [0.1, 0.15) is 45.5 Å². The summed E-state index contributed by atoms with van der Waals surface area (Å²) in [5.41, 5.74) is 5.57. The van der Waals surface area contributed by atoms with Crippen LogP contribution in [-0.4, -0.2) is 40.2 Å². The first-order valence-electron chi connectivity index (χ1n) is 8.69. The van der Waals surface area contributed by atoms with E-state index in [0.29, 0.717) is 11.1 Å². The molecule has 1 aromatic carbocycles. The van der Waals surface area contributed by atoms with E-state index in [2.05, 4.69) is 9.88 Å². The second kappa shape index (κ2) is 7.14. The zero-order valence-corrected chi connectivity index (χ0v) is 14.9. The van der Waals surface area contributed by atoms with E-state index < -0.39 is 28.6 Å². The van der Waals surface area contributed by atoms with Crippen molar-refractivity contribution in [3.8, 4) is 11.1 Å². The minimum atomic E-state index is -1.51. The lowest BCUT2D eigenvalue weighted by Gasteiger charge is -2.29. The largest absolute Gasteiger partial charge is 0.478 e. The van der Waals surface area contributed by atoms with Crippen LogP contribution in [0.15, 0.2) is 23.0 Å². The van der Waals surface area contributed by atoms with Crippen LogP contribution in [0.2, 0.25) is 0 Å². The highest BCUT2D eigenvalue weighted by molar-refractivity contribution is 6.07. The van der Waals surface area contributed by atoms with Crippen LogP contribution < -0.4 is 16.2 Å². The lowest BCUT2D eigenvalue weighted by molar-refractivity contribution is 0.0695. The number of carbonyl (C=O) groups is 2. The number of pyridine rings is 1. The Hall–Kier alpha value is -3.29. The molecule has 1 saturated heterocycles. The molecule has 2 heterocycles. The van der Waals surface area contributed by atoms with Gasteiger partial charge in [-0.25, -0.2) is 9.59 Å². The molecule has 3 rings (SSSR count). The third-order valence-corrected chi connectivity index (χ3v) is 4.87. The van der Waals surface area contributed by atoms with Crippen molar-refractivity contribution >= 4 is 23.4 Å². The number of nitrogen functional groups attached to an aromatic ring is 1. The van der Waals surface area contributed by atoms with E-state index >= 15 is 0 Å². The van der Waals surface area contributed by atoms with Crippen molar-refractivity contribution in [3.63, 3.8) is 0 Å². The van der Waals surface area contributed by atoms with Crippen LogP contribution >= 0.6 is 0 Å². The van der Waals surface area contributed by atoms with Crippen LogP contribution in [-0.2, 0) is 0 Å². The van der Waals surface area contributed by atoms with E-state index in [4.69, 9.17) is 5.73 Å². The van der Waals surface area contributed by atoms with Crippen LogP contribution in [0.25, 0.3) is 11.1 Å². The van der Waals surface area contributed by atoms with E-state index in [1.807, 2.05) is 12.1 Å². The highest BCUT2D eigenvalue weighted by atomic mass is 16.4. The Labute approximate surface area is 155 Å². The van der Waals surface area contributed by atoms with Crippen molar-refractivity contribution in [3.05, 3.63) is 45.2 Å². The maximum absolute atomic E-state index is 12.2. The lowest BCUT2D eigenvalue weighted by atomic mass is 9.92. The Kier molecular flexibility index (Phi) is 4.89. The predicted octanol–water partition coefficient (Wildman–Crippen LogP) is 2.32. The van der Waals surface area contributed by atoms with Gasteiger partial charge >= 0.3 is 11.9 Å². The lowest BCUT2D eigenvalue weighted by Crippen LogP contribution is -2.29. The van der Waals surface area contributed by atoms with Crippen molar-refractivity contribution in [1.29, 1.82) is 0 Å².